The van der Waals surface area contributed by atoms with E-state index in [1.54, 1.807) is 7.11 Å². The lowest BCUT2D eigenvalue weighted by Crippen LogP contribution is -2.33. The van der Waals surface area contributed by atoms with Gasteiger partial charge in [-0.2, -0.15) is 0 Å². The highest BCUT2D eigenvalue weighted by Gasteiger charge is 2.49. The molecule has 0 saturated heterocycles. The number of likely N-dealkylation sites (N-methyl/N-ethyl adjacent to an activating group) is 1. The number of fused-ring (bicyclic) bond motifs is 3. The summed E-state index contributed by atoms with van der Waals surface area (Å²) in [6.07, 6.45) is 0.942. The Hall–Kier alpha value is -2.24. The van der Waals surface area contributed by atoms with Crippen LogP contribution in [0, 0.1) is 12.8 Å². The van der Waals surface area contributed by atoms with E-state index in [4.69, 9.17) is 14.2 Å². The predicted octanol–water partition coefficient (Wildman–Crippen LogP) is 5.59. The van der Waals surface area contributed by atoms with Gasteiger partial charge in [0.2, 0.25) is 12.5 Å². The molecule has 0 saturated carbocycles. The smallest absolute Gasteiger partial charge is 0.231 e. The topological polar surface area (TPSA) is 51.2 Å². The van der Waals surface area contributed by atoms with Gasteiger partial charge in [0.15, 0.2) is 11.5 Å². The summed E-state index contributed by atoms with van der Waals surface area (Å²) in [5.74, 6) is 2.71. The molecule has 0 radical (unpaired) electrons. The third-order valence-corrected chi connectivity index (χ3v) is 9.31. The Labute approximate surface area is 204 Å². The van der Waals surface area contributed by atoms with Gasteiger partial charge in [0.05, 0.1) is 13.2 Å². The van der Waals surface area contributed by atoms with E-state index in [1.165, 1.54) is 22.3 Å². The lowest BCUT2D eigenvalue weighted by Gasteiger charge is -2.37. The molecule has 3 unspecified atom stereocenters. The van der Waals surface area contributed by atoms with Gasteiger partial charge in [-0.3, -0.25) is 4.90 Å². The van der Waals surface area contributed by atoms with E-state index in [2.05, 4.69) is 71.7 Å². The molecule has 2 heterocycles. The quantitative estimate of drug-likeness (QED) is 0.638. The maximum Gasteiger partial charge on any atom is 0.231 e. The number of hydrogen-bond acceptors (Lipinski definition) is 5. The molecule has 1 aliphatic carbocycles. The first-order chi connectivity index (χ1) is 16.0. The number of aryl methyl sites for hydroxylation is 1. The summed E-state index contributed by atoms with van der Waals surface area (Å²) in [5.41, 5.74) is 7.53. The van der Waals surface area contributed by atoms with Crippen LogP contribution in [0.25, 0.3) is 0 Å². The highest BCUT2D eigenvalue weighted by Crippen LogP contribution is 2.55. The molecule has 0 spiro atoms. The maximum atomic E-state index is 11.6. The summed E-state index contributed by atoms with van der Waals surface area (Å²) in [6, 6.07) is 6.75. The Kier molecular flexibility index (Phi) is 5.45. The molecule has 1 N–H and O–H groups in total. The van der Waals surface area contributed by atoms with Crippen molar-refractivity contribution < 1.29 is 19.3 Å². The molecule has 2 aromatic rings. The van der Waals surface area contributed by atoms with Gasteiger partial charge in [0.1, 0.15) is 0 Å². The number of benzene rings is 2. The first kappa shape index (κ1) is 23.5. The lowest BCUT2D eigenvalue weighted by molar-refractivity contribution is 0.107. The fourth-order valence-corrected chi connectivity index (χ4v) is 6.68. The summed E-state index contributed by atoms with van der Waals surface area (Å²) in [6.45, 7) is 15.0. The molecule has 5 rings (SSSR count). The van der Waals surface area contributed by atoms with Crippen molar-refractivity contribution in [1.29, 1.82) is 0 Å². The zero-order chi connectivity index (χ0) is 24.6. The van der Waals surface area contributed by atoms with Gasteiger partial charge >= 0.3 is 0 Å². The maximum absolute atomic E-state index is 11.6. The number of nitrogens with zero attached hydrogens (tertiary/aromatic N) is 1. The van der Waals surface area contributed by atoms with Gasteiger partial charge in [-0.1, -0.05) is 46.8 Å². The van der Waals surface area contributed by atoms with E-state index in [9.17, 15) is 5.11 Å². The van der Waals surface area contributed by atoms with Crippen LogP contribution in [0.3, 0.4) is 0 Å². The van der Waals surface area contributed by atoms with Crippen LogP contribution in [-0.4, -0.2) is 37.5 Å². The molecule has 5 nitrogen and oxygen atoms in total. The molecule has 5 heteroatoms. The van der Waals surface area contributed by atoms with Gasteiger partial charge in [0.25, 0.3) is 0 Å². The van der Waals surface area contributed by atoms with E-state index in [-0.39, 0.29) is 23.7 Å². The summed E-state index contributed by atoms with van der Waals surface area (Å²) in [7, 11) is 3.82. The fraction of sp³-hybridized carbons (Fsp3) is 0.586. The Morgan fingerprint density at radius 2 is 1.79 bits per heavy atom. The minimum Gasteiger partial charge on any atom is -0.492 e. The Morgan fingerprint density at radius 3 is 2.47 bits per heavy atom. The fourth-order valence-electron chi connectivity index (χ4n) is 6.68. The Bertz CT molecular complexity index is 1140. The van der Waals surface area contributed by atoms with E-state index in [1.807, 2.05) is 0 Å². The van der Waals surface area contributed by atoms with Crippen molar-refractivity contribution in [3.63, 3.8) is 0 Å². The van der Waals surface area contributed by atoms with Gasteiger partial charge in [0, 0.05) is 18.2 Å². The van der Waals surface area contributed by atoms with Crippen molar-refractivity contribution in [2.45, 2.75) is 77.4 Å². The minimum atomic E-state index is -0.575. The van der Waals surface area contributed by atoms with Gasteiger partial charge in [-0.25, -0.2) is 0 Å². The molecule has 0 aromatic heterocycles. The SMILES string of the molecule is COc1c2c(cc3c1C(CC(O)c1cc4c(cc1C)C(C)(C)C(C)C4(C)C)N(C)CC3)OCO2. The largest absolute Gasteiger partial charge is 0.492 e. The normalized spacial score (nSPS) is 25.1. The molecule has 0 fully saturated rings. The summed E-state index contributed by atoms with van der Waals surface area (Å²) >= 11 is 0. The predicted molar refractivity (Wildman–Crippen MR) is 134 cm³/mol. The van der Waals surface area contributed by atoms with Crippen LogP contribution >= 0.6 is 0 Å². The van der Waals surface area contributed by atoms with Gasteiger partial charge < -0.3 is 19.3 Å². The molecule has 2 aromatic carbocycles. The van der Waals surface area contributed by atoms with Crippen LogP contribution in [0.15, 0.2) is 18.2 Å². The molecule has 0 amide bonds. The Morgan fingerprint density at radius 1 is 1.12 bits per heavy atom. The third-order valence-electron chi connectivity index (χ3n) is 9.31. The van der Waals surface area contributed by atoms with Crippen LogP contribution in [0.2, 0.25) is 0 Å². The van der Waals surface area contributed by atoms with Crippen LogP contribution in [0.4, 0.5) is 0 Å². The van der Waals surface area contributed by atoms with Crippen molar-refractivity contribution in [2.24, 2.45) is 5.92 Å². The zero-order valence-corrected chi connectivity index (χ0v) is 21.9. The van der Waals surface area contributed by atoms with Gasteiger partial charge in [-0.15, -0.1) is 0 Å². The lowest BCUT2D eigenvalue weighted by atomic mass is 9.71. The number of rotatable bonds is 4. The van der Waals surface area contributed by atoms with Crippen LogP contribution in [-0.2, 0) is 17.3 Å². The number of methoxy groups -OCH3 is 1. The summed E-state index contributed by atoms with van der Waals surface area (Å²) < 4.78 is 17.3. The second-order valence-electron chi connectivity index (χ2n) is 11.6. The van der Waals surface area contributed by atoms with Crippen LogP contribution in [0.5, 0.6) is 17.2 Å². The number of aliphatic hydroxyl groups excluding tert-OH is 1. The van der Waals surface area contributed by atoms with Crippen molar-refractivity contribution in [3.05, 3.63) is 51.6 Å². The van der Waals surface area contributed by atoms with Crippen molar-refractivity contribution in [3.8, 4) is 17.2 Å². The number of hydrogen-bond donors (Lipinski definition) is 1. The molecule has 2 aliphatic heterocycles. The second-order valence-corrected chi connectivity index (χ2v) is 11.6. The van der Waals surface area contributed by atoms with E-state index < -0.39 is 6.10 Å². The molecule has 0 bridgehead atoms. The molecular formula is C29H39NO4. The standard InChI is InChI=1S/C29H39NO4/c1-16-11-20-21(29(5,6)17(2)28(20,3)4)13-19(16)23(31)14-22-25-18(9-10-30(22)7)12-24-26(27(25)32-8)34-15-33-24/h11-13,17,22-23,31H,9-10,14-15H2,1-8H3. The van der Waals surface area contributed by atoms with Crippen molar-refractivity contribution >= 4 is 0 Å². The van der Waals surface area contributed by atoms with Crippen LogP contribution < -0.4 is 14.2 Å². The molecule has 184 valence electrons. The van der Waals surface area contributed by atoms with Crippen molar-refractivity contribution in [2.75, 3.05) is 27.5 Å². The molecule has 34 heavy (non-hydrogen) atoms. The number of ether oxygens (including phenoxy) is 3. The average Bonchev–Trinajstić information content (AvgIpc) is 3.30. The summed E-state index contributed by atoms with van der Waals surface area (Å²) in [5, 5.41) is 11.6. The molecule has 3 atom stereocenters. The van der Waals surface area contributed by atoms with E-state index in [0.717, 1.165) is 35.6 Å². The monoisotopic (exact) mass is 465 g/mol. The second kappa shape index (κ2) is 7.89. The average molecular weight is 466 g/mol. The number of aliphatic hydroxyl groups is 1. The summed E-state index contributed by atoms with van der Waals surface area (Å²) in [4.78, 5) is 2.33. The Balaban J connectivity index is 1.54. The zero-order valence-electron chi connectivity index (χ0n) is 21.9. The van der Waals surface area contributed by atoms with Gasteiger partial charge in [-0.05, 0) is 77.4 Å². The van der Waals surface area contributed by atoms with E-state index >= 15 is 0 Å². The van der Waals surface area contributed by atoms with E-state index in [0.29, 0.717) is 18.1 Å². The van der Waals surface area contributed by atoms with Crippen LogP contribution in [0.1, 0.15) is 86.6 Å². The van der Waals surface area contributed by atoms with Crippen molar-refractivity contribution in [1.82, 2.24) is 4.90 Å². The minimum absolute atomic E-state index is 0.0271. The molecule has 3 aliphatic rings. The highest BCUT2D eigenvalue weighted by molar-refractivity contribution is 5.62. The highest BCUT2D eigenvalue weighted by atomic mass is 16.7. The third kappa shape index (κ3) is 3.27. The first-order valence-corrected chi connectivity index (χ1v) is 12.5. The molecular weight excluding hydrogens is 426 g/mol. The first-order valence-electron chi connectivity index (χ1n) is 12.5.